The molecule has 0 amide bonds. The third kappa shape index (κ3) is 1.10. The lowest BCUT2D eigenvalue weighted by Crippen LogP contribution is -2.47. The maximum atomic E-state index is 8.94. The standard InChI is InChI=1S/C10H13NO2/c1-12-10-8(3-2-6-13-10)4-5-9(10)7-11/h4-5,8-9H,2-3,6H2,1H3/t8-,9-,10-/m0/s1. The first-order chi connectivity index (χ1) is 6.33. The molecule has 1 aliphatic heterocycles. The predicted octanol–water partition coefficient (Wildman–Crippen LogP) is 1.47. The fourth-order valence-electron chi connectivity index (χ4n) is 2.24. The topological polar surface area (TPSA) is 42.2 Å². The third-order valence-electron chi connectivity index (χ3n) is 2.93. The number of fused-ring (bicyclic) bond motifs is 1. The molecule has 13 heavy (non-hydrogen) atoms. The molecule has 1 fully saturated rings. The zero-order chi connectivity index (χ0) is 9.31. The summed E-state index contributed by atoms with van der Waals surface area (Å²) in [5.41, 5.74) is 0. The van der Waals surface area contributed by atoms with Crippen LogP contribution in [0.3, 0.4) is 0 Å². The van der Waals surface area contributed by atoms with E-state index in [1.54, 1.807) is 7.11 Å². The quantitative estimate of drug-likeness (QED) is 0.572. The molecule has 1 heterocycles. The molecule has 0 radical (unpaired) electrons. The summed E-state index contributed by atoms with van der Waals surface area (Å²) in [6, 6.07) is 2.22. The van der Waals surface area contributed by atoms with E-state index in [1.165, 1.54) is 0 Å². The van der Waals surface area contributed by atoms with Crippen molar-refractivity contribution in [1.29, 1.82) is 5.26 Å². The Morgan fingerprint density at radius 1 is 1.62 bits per heavy atom. The lowest BCUT2D eigenvalue weighted by Gasteiger charge is -2.39. The van der Waals surface area contributed by atoms with E-state index in [4.69, 9.17) is 14.7 Å². The summed E-state index contributed by atoms with van der Waals surface area (Å²) in [6.45, 7) is 0.699. The molecule has 2 aliphatic rings. The monoisotopic (exact) mass is 179 g/mol. The van der Waals surface area contributed by atoms with E-state index in [9.17, 15) is 0 Å². The molecule has 70 valence electrons. The molecule has 0 N–H and O–H groups in total. The molecule has 3 nitrogen and oxygen atoms in total. The first-order valence-electron chi connectivity index (χ1n) is 4.60. The Balaban J connectivity index is 2.28. The zero-order valence-corrected chi connectivity index (χ0v) is 7.69. The van der Waals surface area contributed by atoms with Crippen molar-refractivity contribution in [2.75, 3.05) is 13.7 Å². The van der Waals surface area contributed by atoms with Gasteiger partial charge in [0.1, 0.15) is 5.92 Å². The van der Waals surface area contributed by atoms with Crippen molar-refractivity contribution in [2.45, 2.75) is 18.6 Å². The number of hydrogen-bond acceptors (Lipinski definition) is 3. The molecule has 0 bridgehead atoms. The SMILES string of the molecule is CO[C@]12OCCC[C@H]1C=C[C@H]2C#N. The van der Waals surface area contributed by atoms with Crippen LogP contribution in [0, 0.1) is 23.2 Å². The van der Waals surface area contributed by atoms with Gasteiger partial charge in [-0.05, 0) is 12.8 Å². The molecule has 0 unspecified atom stereocenters. The van der Waals surface area contributed by atoms with Crippen LogP contribution < -0.4 is 0 Å². The van der Waals surface area contributed by atoms with Crippen LogP contribution in [0.15, 0.2) is 12.2 Å². The number of methoxy groups -OCH3 is 1. The smallest absolute Gasteiger partial charge is 0.193 e. The van der Waals surface area contributed by atoms with E-state index in [0.717, 1.165) is 12.8 Å². The number of nitriles is 1. The third-order valence-corrected chi connectivity index (χ3v) is 2.93. The molecular formula is C10H13NO2. The molecule has 0 saturated carbocycles. The molecule has 3 atom stereocenters. The van der Waals surface area contributed by atoms with Crippen LogP contribution in [0.5, 0.6) is 0 Å². The highest BCUT2D eigenvalue weighted by Gasteiger charge is 2.50. The predicted molar refractivity (Wildman–Crippen MR) is 46.7 cm³/mol. The highest BCUT2D eigenvalue weighted by Crippen LogP contribution is 2.43. The Kier molecular flexibility index (Phi) is 2.10. The minimum Gasteiger partial charge on any atom is -0.351 e. The second kappa shape index (κ2) is 3.13. The summed E-state index contributed by atoms with van der Waals surface area (Å²) in [6.07, 6.45) is 6.07. The minimum atomic E-state index is -0.674. The van der Waals surface area contributed by atoms with Gasteiger partial charge in [-0.3, -0.25) is 0 Å². The van der Waals surface area contributed by atoms with Crippen LogP contribution in [0.25, 0.3) is 0 Å². The zero-order valence-electron chi connectivity index (χ0n) is 7.69. The number of rotatable bonds is 1. The summed E-state index contributed by atoms with van der Waals surface area (Å²) >= 11 is 0. The van der Waals surface area contributed by atoms with Gasteiger partial charge in [0.15, 0.2) is 5.79 Å². The van der Waals surface area contributed by atoms with Gasteiger partial charge in [-0.15, -0.1) is 0 Å². The van der Waals surface area contributed by atoms with Gasteiger partial charge in [-0.2, -0.15) is 5.26 Å². The molecule has 1 aliphatic carbocycles. The van der Waals surface area contributed by atoms with E-state index >= 15 is 0 Å². The maximum absolute atomic E-state index is 8.94. The van der Waals surface area contributed by atoms with Crippen LogP contribution in [-0.4, -0.2) is 19.5 Å². The first-order valence-corrected chi connectivity index (χ1v) is 4.60. The molecule has 0 aromatic rings. The van der Waals surface area contributed by atoms with Crippen LogP contribution in [0.2, 0.25) is 0 Å². The fourth-order valence-corrected chi connectivity index (χ4v) is 2.24. The average Bonchev–Trinajstić information content (AvgIpc) is 2.56. The van der Waals surface area contributed by atoms with Gasteiger partial charge < -0.3 is 9.47 Å². The molecule has 3 heteroatoms. The summed E-state index contributed by atoms with van der Waals surface area (Å²) in [7, 11) is 1.62. The Morgan fingerprint density at radius 3 is 3.15 bits per heavy atom. The number of hydrogen-bond donors (Lipinski definition) is 0. The summed E-state index contributed by atoms with van der Waals surface area (Å²) in [4.78, 5) is 0. The molecule has 0 aromatic heterocycles. The first kappa shape index (κ1) is 8.74. The Labute approximate surface area is 77.9 Å². The number of nitrogens with zero attached hydrogens (tertiary/aromatic N) is 1. The Hall–Kier alpha value is -0.850. The number of ether oxygens (including phenoxy) is 2. The van der Waals surface area contributed by atoms with Crippen LogP contribution >= 0.6 is 0 Å². The fraction of sp³-hybridized carbons (Fsp3) is 0.700. The maximum Gasteiger partial charge on any atom is 0.193 e. The van der Waals surface area contributed by atoms with Crippen molar-refractivity contribution >= 4 is 0 Å². The highest BCUT2D eigenvalue weighted by molar-refractivity contribution is 5.20. The lowest BCUT2D eigenvalue weighted by molar-refractivity contribution is -0.269. The summed E-state index contributed by atoms with van der Waals surface area (Å²) in [5.74, 6) is -0.661. The second-order valence-corrected chi connectivity index (χ2v) is 3.51. The van der Waals surface area contributed by atoms with E-state index in [1.807, 2.05) is 6.08 Å². The second-order valence-electron chi connectivity index (χ2n) is 3.51. The van der Waals surface area contributed by atoms with Gasteiger partial charge in [-0.1, -0.05) is 12.2 Å². The van der Waals surface area contributed by atoms with Crippen molar-refractivity contribution in [2.24, 2.45) is 11.8 Å². The molecular weight excluding hydrogens is 166 g/mol. The van der Waals surface area contributed by atoms with Gasteiger partial charge in [0.25, 0.3) is 0 Å². The van der Waals surface area contributed by atoms with Crippen LogP contribution in [0.4, 0.5) is 0 Å². The highest BCUT2D eigenvalue weighted by atomic mass is 16.7. The Morgan fingerprint density at radius 2 is 2.46 bits per heavy atom. The molecule has 0 spiro atoms. The Bertz CT molecular complexity index is 269. The van der Waals surface area contributed by atoms with Crippen molar-refractivity contribution in [3.63, 3.8) is 0 Å². The summed E-state index contributed by atoms with van der Waals surface area (Å²) in [5, 5.41) is 8.94. The van der Waals surface area contributed by atoms with Crippen LogP contribution in [-0.2, 0) is 9.47 Å². The lowest BCUT2D eigenvalue weighted by atomic mass is 9.89. The van der Waals surface area contributed by atoms with Crippen molar-refractivity contribution in [1.82, 2.24) is 0 Å². The van der Waals surface area contributed by atoms with Gasteiger partial charge in [0, 0.05) is 13.0 Å². The van der Waals surface area contributed by atoms with Gasteiger partial charge >= 0.3 is 0 Å². The molecule has 1 saturated heterocycles. The van der Waals surface area contributed by atoms with E-state index in [2.05, 4.69) is 12.1 Å². The van der Waals surface area contributed by atoms with E-state index in [-0.39, 0.29) is 11.8 Å². The van der Waals surface area contributed by atoms with Crippen molar-refractivity contribution in [3.05, 3.63) is 12.2 Å². The van der Waals surface area contributed by atoms with Gasteiger partial charge in [-0.25, -0.2) is 0 Å². The molecule has 2 rings (SSSR count). The van der Waals surface area contributed by atoms with Crippen molar-refractivity contribution in [3.8, 4) is 6.07 Å². The largest absolute Gasteiger partial charge is 0.351 e. The van der Waals surface area contributed by atoms with Gasteiger partial charge in [0.2, 0.25) is 0 Å². The van der Waals surface area contributed by atoms with Gasteiger partial charge in [0.05, 0.1) is 12.7 Å². The van der Waals surface area contributed by atoms with E-state index < -0.39 is 5.79 Å². The minimum absolute atomic E-state index is 0.247. The van der Waals surface area contributed by atoms with E-state index in [0.29, 0.717) is 6.61 Å². The summed E-state index contributed by atoms with van der Waals surface area (Å²) < 4.78 is 11.0. The van der Waals surface area contributed by atoms with Crippen molar-refractivity contribution < 1.29 is 9.47 Å². The normalized spacial score (nSPS) is 42.8. The average molecular weight is 179 g/mol. The van der Waals surface area contributed by atoms with Crippen LogP contribution in [0.1, 0.15) is 12.8 Å². The molecule has 0 aromatic carbocycles.